The summed E-state index contributed by atoms with van der Waals surface area (Å²) in [6.45, 7) is 5.65. The Morgan fingerprint density at radius 1 is 1.25 bits per heavy atom. The van der Waals surface area contributed by atoms with Gasteiger partial charge in [-0.2, -0.15) is 13.2 Å². The molecule has 0 radical (unpaired) electrons. The Bertz CT molecular complexity index is 545. The summed E-state index contributed by atoms with van der Waals surface area (Å²) in [5.74, 6) is 0. The molecule has 136 valence electrons. The summed E-state index contributed by atoms with van der Waals surface area (Å²) in [6.07, 6.45) is -3.14. The van der Waals surface area contributed by atoms with Gasteiger partial charge in [0.25, 0.3) is 0 Å². The minimum Gasteiger partial charge on any atom is -0.396 e. The predicted octanol–water partition coefficient (Wildman–Crippen LogP) is 3.44. The number of alkyl halides is 3. The van der Waals surface area contributed by atoms with Gasteiger partial charge in [-0.05, 0) is 31.4 Å². The predicted molar refractivity (Wildman–Crippen MR) is 86.8 cm³/mol. The summed E-state index contributed by atoms with van der Waals surface area (Å²) in [6, 6.07) is 4.68. The molecule has 0 aliphatic carbocycles. The number of hydrogen-bond donors (Lipinski definition) is 3. The Balaban J connectivity index is 2.65. The molecule has 4 nitrogen and oxygen atoms in total. The first kappa shape index (κ1) is 20.3. The molecule has 0 heterocycles. The van der Waals surface area contributed by atoms with Crippen molar-refractivity contribution < 1.29 is 23.1 Å². The van der Waals surface area contributed by atoms with Crippen LogP contribution in [0.15, 0.2) is 24.3 Å². The highest BCUT2D eigenvalue weighted by Crippen LogP contribution is 2.32. The van der Waals surface area contributed by atoms with Crippen LogP contribution < -0.4 is 10.6 Å². The van der Waals surface area contributed by atoms with Gasteiger partial charge in [0.15, 0.2) is 0 Å². The molecule has 0 saturated carbocycles. The van der Waals surface area contributed by atoms with E-state index in [-0.39, 0.29) is 25.2 Å². The zero-order valence-corrected chi connectivity index (χ0v) is 14.2. The lowest BCUT2D eigenvalue weighted by atomic mass is 9.84. The topological polar surface area (TPSA) is 61.4 Å². The van der Waals surface area contributed by atoms with E-state index >= 15 is 0 Å². The number of amides is 2. The number of carbonyl (C=O) groups is 1. The van der Waals surface area contributed by atoms with Gasteiger partial charge in [-0.3, -0.25) is 0 Å². The first-order chi connectivity index (χ1) is 11.1. The highest BCUT2D eigenvalue weighted by Gasteiger charge is 2.32. The second-order valence-corrected chi connectivity index (χ2v) is 6.56. The quantitative estimate of drug-likeness (QED) is 0.708. The molecule has 1 aromatic carbocycles. The van der Waals surface area contributed by atoms with Crippen molar-refractivity contribution in [2.45, 2.75) is 51.2 Å². The highest BCUT2D eigenvalue weighted by molar-refractivity contribution is 5.74. The van der Waals surface area contributed by atoms with Crippen LogP contribution in [0.1, 0.15) is 44.7 Å². The fourth-order valence-corrected chi connectivity index (χ4v) is 2.26. The summed E-state index contributed by atoms with van der Waals surface area (Å²) in [5.41, 5.74) is -0.839. The van der Waals surface area contributed by atoms with Gasteiger partial charge < -0.3 is 15.7 Å². The fraction of sp³-hybridized carbons (Fsp3) is 0.588. The lowest BCUT2D eigenvalue weighted by Gasteiger charge is -2.27. The van der Waals surface area contributed by atoms with Crippen molar-refractivity contribution >= 4 is 6.03 Å². The lowest BCUT2D eigenvalue weighted by molar-refractivity contribution is -0.137. The second-order valence-electron chi connectivity index (χ2n) is 6.56. The van der Waals surface area contributed by atoms with Gasteiger partial charge in [0.2, 0.25) is 0 Å². The van der Waals surface area contributed by atoms with Crippen molar-refractivity contribution in [2.75, 3.05) is 13.2 Å². The maximum Gasteiger partial charge on any atom is 0.416 e. The molecule has 2 amide bonds. The molecule has 24 heavy (non-hydrogen) atoms. The van der Waals surface area contributed by atoms with E-state index in [1.165, 1.54) is 6.07 Å². The van der Waals surface area contributed by atoms with Crippen molar-refractivity contribution in [1.29, 1.82) is 0 Å². The molecule has 0 saturated heterocycles. The molecule has 0 aliphatic rings. The number of rotatable bonds is 7. The van der Waals surface area contributed by atoms with Crippen molar-refractivity contribution in [1.82, 2.24) is 10.6 Å². The van der Waals surface area contributed by atoms with Crippen molar-refractivity contribution in [3.05, 3.63) is 35.4 Å². The third-order valence-electron chi connectivity index (χ3n) is 3.84. The average molecular weight is 346 g/mol. The molecule has 1 atom stereocenters. The normalized spacial score (nSPS) is 13.5. The van der Waals surface area contributed by atoms with Crippen LogP contribution in [0.4, 0.5) is 18.0 Å². The zero-order chi connectivity index (χ0) is 18.4. The number of benzene rings is 1. The Labute approximate surface area is 140 Å². The zero-order valence-electron chi connectivity index (χ0n) is 14.2. The van der Waals surface area contributed by atoms with Gasteiger partial charge in [0.1, 0.15) is 0 Å². The Morgan fingerprint density at radius 2 is 1.88 bits per heavy atom. The van der Waals surface area contributed by atoms with Crippen LogP contribution >= 0.6 is 0 Å². The lowest BCUT2D eigenvalue weighted by Crippen LogP contribution is -2.45. The molecule has 0 bridgehead atoms. The van der Waals surface area contributed by atoms with Gasteiger partial charge in [-0.15, -0.1) is 0 Å². The SMILES string of the molecule is CC(CCCO)NC(=O)NCC(C)(C)c1cccc(C(F)(F)F)c1. The maximum atomic E-state index is 12.8. The first-order valence-corrected chi connectivity index (χ1v) is 7.89. The summed E-state index contributed by atoms with van der Waals surface area (Å²) in [7, 11) is 0. The van der Waals surface area contributed by atoms with E-state index in [0.717, 1.165) is 12.1 Å². The molecule has 1 rings (SSSR count). The van der Waals surface area contributed by atoms with Crippen LogP contribution in [0.3, 0.4) is 0 Å². The monoisotopic (exact) mass is 346 g/mol. The van der Waals surface area contributed by atoms with Gasteiger partial charge >= 0.3 is 12.2 Å². The number of nitrogens with one attached hydrogen (secondary N) is 2. The maximum absolute atomic E-state index is 12.8. The smallest absolute Gasteiger partial charge is 0.396 e. The highest BCUT2D eigenvalue weighted by atomic mass is 19.4. The Kier molecular flexibility index (Phi) is 7.08. The molecular formula is C17H25F3N2O2. The summed E-state index contributed by atoms with van der Waals surface area (Å²) >= 11 is 0. The number of aliphatic hydroxyl groups excluding tert-OH is 1. The largest absolute Gasteiger partial charge is 0.416 e. The fourth-order valence-electron chi connectivity index (χ4n) is 2.26. The van der Waals surface area contributed by atoms with Crippen molar-refractivity contribution in [3.8, 4) is 0 Å². The van der Waals surface area contributed by atoms with E-state index in [4.69, 9.17) is 5.11 Å². The molecule has 0 aliphatic heterocycles. The van der Waals surface area contributed by atoms with E-state index in [1.807, 2.05) is 6.92 Å². The minimum absolute atomic E-state index is 0.0657. The van der Waals surface area contributed by atoms with Gasteiger partial charge in [0.05, 0.1) is 5.56 Å². The van der Waals surface area contributed by atoms with E-state index in [2.05, 4.69) is 10.6 Å². The molecule has 0 aromatic heterocycles. The molecule has 0 fully saturated rings. The van der Waals surface area contributed by atoms with Crippen molar-refractivity contribution in [2.24, 2.45) is 0 Å². The van der Waals surface area contributed by atoms with E-state index in [9.17, 15) is 18.0 Å². The summed E-state index contributed by atoms with van der Waals surface area (Å²) in [4.78, 5) is 11.9. The van der Waals surface area contributed by atoms with E-state index in [1.54, 1.807) is 19.9 Å². The van der Waals surface area contributed by atoms with Gasteiger partial charge in [-0.1, -0.05) is 32.0 Å². The number of carbonyl (C=O) groups excluding carboxylic acids is 1. The third-order valence-corrected chi connectivity index (χ3v) is 3.84. The van der Waals surface area contributed by atoms with Crippen LogP contribution in [0.2, 0.25) is 0 Å². The van der Waals surface area contributed by atoms with E-state index < -0.39 is 17.2 Å². The van der Waals surface area contributed by atoms with Crippen LogP contribution in [0.25, 0.3) is 0 Å². The van der Waals surface area contributed by atoms with Gasteiger partial charge in [0, 0.05) is 24.6 Å². The van der Waals surface area contributed by atoms with Crippen LogP contribution in [0, 0.1) is 0 Å². The number of urea groups is 1. The summed E-state index contributed by atoms with van der Waals surface area (Å²) < 4.78 is 38.5. The molecule has 3 N–H and O–H groups in total. The Hall–Kier alpha value is -1.76. The summed E-state index contributed by atoms with van der Waals surface area (Å²) in [5, 5.41) is 14.2. The Morgan fingerprint density at radius 3 is 2.46 bits per heavy atom. The second kappa shape index (κ2) is 8.37. The van der Waals surface area contributed by atoms with E-state index in [0.29, 0.717) is 18.4 Å². The third kappa shape index (κ3) is 6.39. The minimum atomic E-state index is -4.39. The van der Waals surface area contributed by atoms with Crippen LogP contribution in [0.5, 0.6) is 0 Å². The molecule has 7 heteroatoms. The first-order valence-electron chi connectivity index (χ1n) is 7.89. The van der Waals surface area contributed by atoms with Gasteiger partial charge in [-0.25, -0.2) is 4.79 Å². The number of aliphatic hydroxyl groups is 1. The molecule has 1 aromatic rings. The van der Waals surface area contributed by atoms with Crippen LogP contribution in [-0.4, -0.2) is 30.3 Å². The molecule has 1 unspecified atom stereocenters. The standard InChI is InChI=1S/C17H25F3N2O2/c1-12(6-5-9-23)22-15(24)21-11-16(2,3)13-7-4-8-14(10-13)17(18,19)20/h4,7-8,10,12,23H,5-6,9,11H2,1-3H3,(H2,21,22,24). The van der Waals surface area contributed by atoms with Crippen LogP contribution in [-0.2, 0) is 11.6 Å². The number of hydrogen-bond acceptors (Lipinski definition) is 2. The number of halogens is 3. The molecular weight excluding hydrogens is 321 g/mol. The van der Waals surface area contributed by atoms with Crippen molar-refractivity contribution in [3.63, 3.8) is 0 Å². The molecule has 0 spiro atoms. The average Bonchev–Trinajstić information content (AvgIpc) is 2.50.